The molecule has 0 aromatic carbocycles. The molecule has 0 spiro atoms. The lowest BCUT2D eigenvalue weighted by atomic mass is 10.4. The SMILES string of the molecule is C=C(Cl)CNCc1cc(Br)cs1. The first kappa shape index (κ1) is 10.3. The van der Waals surface area contributed by atoms with Crippen LogP contribution in [-0.2, 0) is 6.54 Å². The van der Waals surface area contributed by atoms with Gasteiger partial charge < -0.3 is 5.32 Å². The first-order chi connectivity index (χ1) is 5.68. The zero-order valence-corrected chi connectivity index (χ0v) is 9.60. The summed E-state index contributed by atoms with van der Waals surface area (Å²) in [6, 6.07) is 2.09. The molecule has 1 rings (SSSR count). The first-order valence-electron chi connectivity index (χ1n) is 3.45. The highest BCUT2D eigenvalue weighted by Gasteiger charge is 1.96. The van der Waals surface area contributed by atoms with E-state index in [-0.39, 0.29) is 0 Å². The van der Waals surface area contributed by atoms with Crippen molar-refractivity contribution in [1.29, 1.82) is 0 Å². The normalized spacial score (nSPS) is 10.2. The van der Waals surface area contributed by atoms with E-state index in [2.05, 4.69) is 39.3 Å². The number of nitrogens with one attached hydrogen (secondary N) is 1. The minimum atomic E-state index is 0.644. The van der Waals surface area contributed by atoms with Gasteiger partial charge in [-0.25, -0.2) is 0 Å². The minimum Gasteiger partial charge on any atom is -0.307 e. The van der Waals surface area contributed by atoms with Crippen LogP contribution in [0.4, 0.5) is 0 Å². The van der Waals surface area contributed by atoms with Crippen molar-refractivity contribution in [3.05, 3.63) is 32.4 Å². The molecule has 0 unspecified atom stereocenters. The van der Waals surface area contributed by atoms with Gasteiger partial charge in [-0.15, -0.1) is 11.3 Å². The second-order valence-electron chi connectivity index (χ2n) is 2.35. The topological polar surface area (TPSA) is 12.0 Å². The maximum absolute atomic E-state index is 5.59. The number of halogens is 2. The molecule has 0 aliphatic heterocycles. The van der Waals surface area contributed by atoms with E-state index in [1.54, 1.807) is 11.3 Å². The van der Waals surface area contributed by atoms with Crippen LogP contribution in [0.15, 0.2) is 27.5 Å². The van der Waals surface area contributed by atoms with Crippen molar-refractivity contribution in [2.75, 3.05) is 6.54 Å². The molecule has 12 heavy (non-hydrogen) atoms. The van der Waals surface area contributed by atoms with Crippen LogP contribution in [0.1, 0.15) is 4.88 Å². The van der Waals surface area contributed by atoms with Crippen LogP contribution in [0.2, 0.25) is 0 Å². The van der Waals surface area contributed by atoms with Gasteiger partial charge in [0, 0.05) is 32.9 Å². The van der Waals surface area contributed by atoms with Crippen molar-refractivity contribution in [3.63, 3.8) is 0 Å². The Balaban J connectivity index is 2.29. The van der Waals surface area contributed by atoms with E-state index in [4.69, 9.17) is 11.6 Å². The van der Waals surface area contributed by atoms with Crippen molar-refractivity contribution in [1.82, 2.24) is 5.32 Å². The minimum absolute atomic E-state index is 0.644. The van der Waals surface area contributed by atoms with Gasteiger partial charge in [0.2, 0.25) is 0 Å². The lowest BCUT2D eigenvalue weighted by Crippen LogP contribution is -2.13. The zero-order valence-electron chi connectivity index (χ0n) is 6.44. The van der Waals surface area contributed by atoms with E-state index in [0.717, 1.165) is 11.0 Å². The lowest BCUT2D eigenvalue weighted by Gasteiger charge is -1.99. The Morgan fingerprint density at radius 3 is 3.00 bits per heavy atom. The summed E-state index contributed by atoms with van der Waals surface area (Å²) in [5.41, 5.74) is 0. The standard InChI is InChI=1S/C8H9BrClNS/c1-6(10)3-11-4-8-2-7(9)5-12-8/h2,5,11H,1,3-4H2. The highest BCUT2D eigenvalue weighted by atomic mass is 79.9. The van der Waals surface area contributed by atoms with Crippen molar-refractivity contribution < 1.29 is 0 Å². The van der Waals surface area contributed by atoms with Crippen LogP contribution in [0.5, 0.6) is 0 Å². The third-order valence-electron chi connectivity index (χ3n) is 1.24. The summed E-state index contributed by atoms with van der Waals surface area (Å²) < 4.78 is 1.13. The van der Waals surface area contributed by atoms with E-state index in [9.17, 15) is 0 Å². The van der Waals surface area contributed by atoms with E-state index in [1.807, 2.05) is 0 Å². The van der Waals surface area contributed by atoms with Gasteiger partial charge in [0.25, 0.3) is 0 Å². The fourth-order valence-electron chi connectivity index (χ4n) is 0.768. The predicted molar refractivity (Wildman–Crippen MR) is 58.7 cm³/mol. The van der Waals surface area contributed by atoms with Gasteiger partial charge in [-0.3, -0.25) is 0 Å². The lowest BCUT2D eigenvalue weighted by molar-refractivity contribution is 0.765. The van der Waals surface area contributed by atoms with Crippen molar-refractivity contribution in [2.45, 2.75) is 6.54 Å². The van der Waals surface area contributed by atoms with Gasteiger partial charge in [0.15, 0.2) is 0 Å². The monoisotopic (exact) mass is 265 g/mol. The van der Waals surface area contributed by atoms with Gasteiger partial charge in [-0.05, 0) is 22.0 Å². The number of rotatable bonds is 4. The van der Waals surface area contributed by atoms with E-state index >= 15 is 0 Å². The molecule has 0 bridgehead atoms. The molecule has 1 aromatic heterocycles. The third kappa shape index (κ3) is 3.72. The Kier molecular flexibility index (Phi) is 4.29. The molecule has 0 fully saturated rings. The quantitative estimate of drug-likeness (QED) is 0.881. The Morgan fingerprint density at radius 2 is 2.50 bits per heavy atom. The van der Waals surface area contributed by atoms with E-state index in [1.165, 1.54) is 4.88 Å². The summed E-state index contributed by atoms with van der Waals surface area (Å²) in [5, 5.41) is 5.88. The molecule has 1 nitrogen and oxygen atoms in total. The van der Waals surface area contributed by atoms with Crippen LogP contribution >= 0.6 is 38.9 Å². The Morgan fingerprint density at radius 1 is 1.75 bits per heavy atom. The number of thiophene rings is 1. The maximum Gasteiger partial charge on any atom is 0.0310 e. The highest BCUT2D eigenvalue weighted by Crippen LogP contribution is 2.19. The molecule has 4 heteroatoms. The molecule has 0 radical (unpaired) electrons. The molecule has 1 heterocycles. The van der Waals surface area contributed by atoms with Crippen LogP contribution in [-0.4, -0.2) is 6.54 Å². The largest absolute Gasteiger partial charge is 0.307 e. The summed E-state index contributed by atoms with van der Waals surface area (Å²) in [5.74, 6) is 0. The van der Waals surface area contributed by atoms with Crippen LogP contribution in [0.25, 0.3) is 0 Å². The highest BCUT2D eigenvalue weighted by molar-refractivity contribution is 9.10. The molecule has 1 N–H and O–H groups in total. The summed E-state index contributed by atoms with van der Waals surface area (Å²) >= 11 is 10.7. The average Bonchev–Trinajstić information content (AvgIpc) is 2.35. The number of hydrogen-bond donors (Lipinski definition) is 1. The van der Waals surface area contributed by atoms with Crippen molar-refractivity contribution >= 4 is 38.9 Å². The first-order valence-corrected chi connectivity index (χ1v) is 5.50. The fraction of sp³-hybridized carbons (Fsp3) is 0.250. The molecule has 0 saturated heterocycles. The summed E-state index contributed by atoms with van der Waals surface area (Å²) in [6.07, 6.45) is 0. The molecule has 0 saturated carbocycles. The molecular weight excluding hydrogens is 258 g/mol. The van der Waals surface area contributed by atoms with Gasteiger partial charge in [0.05, 0.1) is 0 Å². The molecule has 0 aliphatic carbocycles. The van der Waals surface area contributed by atoms with Crippen molar-refractivity contribution in [2.24, 2.45) is 0 Å². The van der Waals surface area contributed by atoms with Gasteiger partial charge in [0.1, 0.15) is 0 Å². The van der Waals surface area contributed by atoms with Crippen LogP contribution in [0.3, 0.4) is 0 Å². The second kappa shape index (κ2) is 5.02. The van der Waals surface area contributed by atoms with Gasteiger partial charge >= 0.3 is 0 Å². The van der Waals surface area contributed by atoms with E-state index < -0.39 is 0 Å². The summed E-state index contributed by atoms with van der Waals surface area (Å²) in [6.45, 7) is 5.10. The fourth-order valence-corrected chi connectivity index (χ4v) is 2.28. The summed E-state index contributed by atoms with van der Waals surface area (Å²) in [4.78, 5) is 1.29. The number of hydrogen-bond acceptors (Lipinski definition) is 2. The zero-order chi connectivity index (χ0) is 8.97. The van der Waals surface area contributed by atoms with Crippen molar-refractivity contribution in [3.8, 4) is 0 Å². The van der Waals surface area contributed by atoms with Gasteiger partial charge in [-0.2, -0.15) is 0 Å². The Labute approximate surface area is 89.6 Å². The predicted octanol–water partition coefficient (Wildman–Crippen LogP) is 3.35. The molecule has 0 aliphatic rings. The Bertz CT molecular complexity index is 272. The van der Waals surface area contributed by atoms with Crippen LogP contribution < -0.4 is 5.32 Å². The molecular formula is C8H9BrClNS. The third-order valence-corrected chi connectivity index (χ3v) is 3.07. The average molecular weight is 267 g/mol. The summed E-state index contributed by atoms with van der Waals surface area (Å²) in [7, 11) is 0. The molecule has 66 valence electrons. The molecule has 1 aromatic rings. The van der Waals surface area contributed by atoms with Crippen LogP contribution in [0, 0.1) is 0 Å². The maximum atomic E-state index is 5.59. The van der Waals surface area contributed by atoms with Gasteiger partial charge in [-0.1, -0.05) is 18.2 Å². The van der Waals surface area contributed by atoms with E-state index in [0.29, 0.717) is 11.6 Å². The second-order valence-corrected chi connectivity index (χ2v) is 4.80. The molecule has 0 amide bonds. The Hall–Kier alpha value is 0.170. The smallest absolute Gasteiger partial charge is 0.0310 e. The molecule has 0 atom stereocenters.